The lowest BCUT2D eigenvalue weighted by atomic mass is 9.73. The first-order valence-corrected chi connectivity index (χ1v) is 22.5. The second-order valence-electron chi connectivity index (χ2n) is 18.2. The fourth-order valence-corrected chi connectivity index (χ4v) is 10.7. The van der Waals surface area contributed by atoms with Gasteiger partial charge in [-0.05, 0) is 102 Å². The van der Waals surface area contributed by atoms with Crippen molar-refractivity contribution in [2.24, 2.45) is 39.8 Å². The van der Waals surface area contributed by atoms with Crippen molar-refractivity contribution in [2.45, 2.75) is 122 Å². The first-order valence-electron chi connectivity index (χ1n) is 22.5. The number of nitrogens with one attached hydrogen (secondary N) is 2. The van der Waals surface area contributed by atoms with Crippen LogP contribution >= 0.6 is 0 Å². The number of allylic oxidation sites excluding steroid dienone is 2. The van der Waals surface area contributed by atoms with Gasteiger partial charge in [-0.1, -0.05) is 94.1 Å². The van der Waals surface area contributed by atoms with Gasteiger partial charge in [0.1, 0.15) is 48.5 Å². The molecule has 2 bridgehead atoms. The molecule has 2 aromatic carbocycles. The molecular weight excluding hydrogens is 749 g/mol. The Labute approximate surface area is 354 Å². The second kappa shape index (κ2) is 17.2. The van der Waals surface area contributed by atoms with Gasteiger partial charge in [0.25, 0.3) is 6.23 Å². The maximum Gasteiger partial charge on any atom is 0.252 e. The third kappa shape index (κ3) is 7.90. The van der Waals surface area contributed by atoms with Crippen molar-refractivity contribution in [1.82, 2.24) is 5.32 Å². The quantitative estimate of drug-likeness (QED) is 0.105. The number of Topliss-reactive ketones (excluding diaryl/α,β-unsaturated/α-hetero) is 1. The number of ether oxygens (including phenoxy) is 2. The number of carbonyl (C=O) groups is 1. The summed E-state index contributed by atoms with van der Waals surface area (Å²) in [7, 11) is 0. The lowest BCUT2D eigenvalue weighted by molar-refractivity contribution is -0.888. The molecule has 2 aromatic rings. The number of aliphatic imine (C=N–C) groups is 1. The molecule has 1 spiro atoms. The van der Waals surface area contributed by atoms with E-state index in [9.17, 15) is 15.0 Å². The summed E-state index contributed by atoms with van der Waals surface area (Å²) < 4.78 is 13.4. The van der Waals surface area contributed by atoms with Crippen LogP contribution in [-0.4, -0.2) is 40.6 Å². The standard InChI is InChI=1S/C51H58N4O5/c1-3-4-5-8-39(48(58)34-13-9-32(2)10-14-34)45(57)18-11-33-12-20-46-47(27-33)60-50-42(51(24-26-59-46)22-6-7-23-51)17-19-44(56)37-15-16-38-36(21-25-53-49(38)52)40(37)28-35-29-54-43-31-55(50)30-41(35)43/h9,12-13,15-16,20-21,25,27,29-30,32,34,39,42,44,48-50,53,56,58H,3-8,10-11,14,18,22-23,28,31,52H2,1-2H3/p+1/t32-,34-,39+,42-,44-,48+,49-,50-/m0/s1. The molecule has 0 radical (unpaired) electrons. The van der Waals surface area contributed by atoms with Gasteiger partial charge in [0.05, 0.1) is 17.1 Å². The molecule has 312 valence electrons. The van der Waals surface area contributed by atoms with Gasteiger partial charge in [0, 0.05) is 30.9 Å². The first kappa shape index (κ1) is 40.5. The van der Waals surface area contributed by atoms with Gasteiger partial charge in [0.15, 0.2) is 11.5 Å². The Hall–Kier alpha value is -4.90. The molecule has 1 unspecified atom stereocenters. The number of unbranched alkanes of at least 4 members (excludes halogenated alkanes) is 2. The summed E-state index contributed by atoms with van der Waals surface area (Å²) in [5.74, 6) is 11.5. The molecule has 0 saturated heterocycles. The number of nitrogens with zero attached hydrogens (tertiary/aromatic N) is 1. The van der Waals surface area contributed by atoms with E-state index < -0.39 is 23.9 Å². The number of aliphatic hydroxyl groups excluding tert-OH is 2. The normalized spacial score (nSPS) is 28.8. The molecule has 60 heavy (non-hydrogen) atoms. The highest BCUT2D eigenvalue weighted by Crippen LogP contribution is 2.47. The van der Waals surface area contributed by atoms with Crippen molar-refractivity contribution in [2.75, 3.05) is 6.54 Å². The van der Waals surface area contributed by atoms with Gasteiger partial charge in [-0.2, -0.15) is 0 Å². The Morgan fingerprint density at radius 2 is 1.95 bits per heavy atom. The van der Waals surface area contributed by atoms with Crippen molar-refractivity contribution in [3.05, 3.63) is 100 Å². The van der Waals surface area contributed by atoms with Crippen LogP contribution in [0, 0.1) is 53.0 Å². The van der Waals surface area contributed by atoms with E-state index in [0.29, 0.717) is 49.6 Å². The summed E-state index contributed by atoms with van der Waals surface area (Å²) in [5, 5.41) is 26.8. The molecule has 0 amide bonds. The summed E-state index contributed by atoms with van der Waals surface area (Å²) in [6, 6.07) is 9.87. The number of fused-ring (bicyclic) bond motifs is 8. The van der Waals surface area contributed by atoms with E-state index in [-0.39, 0.29) is 29.7 Å². The van der Waals surface area contributed by atoms with E-state index in [4.69, 9.17) is 20.2 Å². The summed E-state index contributed by atoms with van der Waals surface area (Å²) >= 11 is 0. The van der Waals surface area contributed by atoms with Crippen molar-refractivity contribution in [1.29, 1.82) is 0 Å². The van der Waals surface area contributed by atoms with E-state index in [1.54, 1.807) is 0 Å². The zero-order valence-electron chi connectivity index (χ0n) is 35.0. The lowest BCUT2D eigenvalue weighted by Gasteiger charge is -2.36. The number of rotatable bonds is 10. The van der Waals surface area contributed by atoms with E-state index in [0.717, 1.165) is 107 Å². The zero-order chi connectivity index (χ0) is 41.4. The molecule has 9 atom stereocenters. The summed E-state index contributed by atoms with van der Waals surface area (Å²) in [5.41, 5.74) is 13.9. The average molecular weight is 808 g/mol. The van der Waals surface area contributed by atoms with Gasteiger partial charge < -0.3 is 30.7 Å². The number of benzene rings is 2. The van der Waals surface area contributed by atoms with E-state index in [1.165, 1.54) is 0 Å². The molecule has 9 nitrogen and oxygen atoms in total. The molecule has 7 aliphatic rings. The van der Waals surface area contributed by atoms with Gasteiger partial charge in [0.2, 0.25) is 0 Å². The van der Waals surface area contributed by atoms with Gasteiger partial charge in [-0.25, -0.2) is 0 Å². The summed E-state index contributed by atoms with van der Waals surface area (Å²) in [6.07, 6.45) is 23.9. The minimum absolute atomic E-state index is 0.0175. The first-order chi connectivity index (χ1) is 29.2. The highest BCUT2D eigenvalue weighted by molar-refractivity contribution is 6.08. The minimum atomic E-state index is -1.04. The van der Waals surface area contributed by atoms with Crippen molar-refractivity contribution < 1.29 is 29.4 Å². The Morgan fingerprint density at radius 3 is 2.77 bits per heavy atom. The van der Waals surface area contributed by atoms with E-state index in [2.05, 4.69) is 61.4 Å². The van der Waals surface area contributed by atoms with Crippen molar-refractivity contribution in [3.8, 4) is 35.4 Å². The highest BCUT2D eigenvalue weighted by atomic mass is 16.5. The Morgan fingerprint density at radius 1 is 1.10 bits per heavy atom. The molecule has 5 aliphatic heterocycles. The number of ketones is 1. The molecule has 1 saturated carbocycles. The Kier molecular flexibility index (Phi) is 11.6. The molecule has 6 N–H and O–H groups in total. The molecule has 0 aromatic heterocycles. The van der Waals surface area contributed by atoms with Crippen molar-refractivity contribution in [3.63, 3.8) is 0 Å². The molecular formula is C51H59N4O5+. The molecule has 9 heteroatoms. The van der Waals surface area contributed by atoms with Crippen LogP contribution < -0.4 is 25.4 Å². The van der Waals surface area contributed by atoms with Crippen molar-refractivity contribution >= 4 is 17.6 Å². The average Bonchev–Trinajstić information content (AvgIpc) is 4.00. The van der Waals surface area contributed by atoms with Crippen LogP contribution in [0.25, 0.3) is 6.08 Å². The number of nitrogens with two attached hydrogens (primary N) is 1. The number of carbonyl (C=O) groups excluding carboxylic acids is 1. The minimum Gasteiger partial charge on any atom is -0.437 e. The van der Waals surface area contributed by atoms with Crippen LogP contribution in [0.3, 0.4) is 0 Å². The zero-order valence-corrected chi connectivity index (χ0v) is 35.0. The lowest BCUT2D eigenvalue weighted by Crippen LogP contribution is -3.13. The van der Waals surface area contributed by atoms with Gasteiger partial charge >= 0.3 is 0 Å². The van der Waals surface area contributed by atoms with E-state index >= 15 is 0 Å². The monoisotopic (exact) mass is 807 g/mol. The fourth-order valence-electron chi connectivity index (χ4n) is 10.7. The third-order valence-electron chi connectivity index (χ3n) is 14.2. The highest BCUT2D eigenvalue weighted by Gasteiger charge is 2.51. The van der Waals surface area contributed by atoms with Crippen LogP contribution in [0.5, 0.6) is 11.5 Å². The largest absolute Gasteiger partial charge is 0.437 e. The number of aryl methyl sites for hydroxylation is 1. The molecule has 9 rings (SSSR count). The van der Waals surface area contributed by atoms with Crippen LogP contribution in [0.4, 0.5) is 0 Å². The predicted octanol–water partition coefficient (Wildman–Crippen LogP) is 6.53. The van der Waals surface area contributed by atoms with Crippen LogP contribution in [0.15, 0.2) is 77.2 Å². The summed E-state index contributed by atoms with van der Waals surface area (Å²) in [4.78, 5) is 20.0. The SMILES string of the molecule is CCCCC[C@H](C(=O)CCc1ccc2c(c1)O[C@H]1[C@H](C#C[C@H](O)c3ccc4c(c3CC3=CN=C5C[NH+]1C=C35)C=CN[C@@H]4N)C1(C#CO2)CCCC1)[C@H](O)[C@H]1C=C[C@H](C)CC1. The smallest absolute Gasteiger partial charge is 0.252 e. The second-order valence-corrected chi connectivity index (χ2v) is 18.2. The Balaban J connectivity index is 1.05. The number of quaternary nitrogens is 1. The van der Waals surface area contributed by atoms with Crippen LogP contribution in [-0.2, 0) is 17.6 Å². The number of hydrogen-bond acceptors (Lipinski definition) is 8. The maximum atomic E-state index is 14.0. The Bertz CT molecular complexity index is 2290. The number of aliphatic hydroxyl groups is 2. The van der Waals surface area contributed by atoms with Crippen LogP contribution in [0.1, 0.15) is 125 Å². The molecule has 5 heterocycles. The molecule has 1 fully saturated rings. The van der Waals surface area contributed by atoms with Crippen LogP contribution in [0.2, 0.25) is 0 Å². The predicted molar refractivity (Wildman–Crippen MR) is 233 cm³/mol. The third-order valence-corrected chi connectivity index (χ3v) is 14.2. The molecule has 2 aliphatic carbocycles. The van der Waals surface area contributed by atoms with E-state index in [1.807, 2.05) is 48.8 Å². The number of hydrogen-bond donors (Lipinski definition) is 5. The topological polar surface area (TPSA) is 131 Å². The maximum absolute atomic E-state index is 14.0. The summed E-state index contributed by atoms with van der Waals surface area (Å²) in [6.45, 7) is 5.00. The fraction of sp³-hybridized carbons (Fsp3) is 0.490. The van der Waals surface area contributed by atoms with Gasteiger partial charge in [-0.3, -0.25) is 14.7 Å². The van der Waals surface area contributed by atoms with Gasteiger partial charge in [-0.15, -0.1) is 0 Å².